The van der Waals surface area contributed by atoms with Crippen molar-refractivity contribution in [3.63, 3.8) is 0 Å². The molecule has 1 aromatic rings. The van der Waals surface area contributed by atoms with Gasteiger partial charge in [-0.15, -0.1) is 11.8 Å². The summed E-state index contributed by atoms with van der Waals surface area (Å²) in [6, 6.07) is 3.99. The third-order valence-corrected chi connectivity index (χ3v) is 4.48. The second-order valence-corrected chi connectivity index (χ2v) is 5.32. The van der Waals surface area contributed by atoms with E-state index in [1.165, 1.54) is 18.7 Å². The number of nitrogens with zero attached hydrogens (tertiary/aromatic N) is 1. The molecule has 0 saturated carbocycles. The normalized spacial score (nSPS) is 21.4. The van der Waals surface area contributed by atoms with Gasteiger partial charge in [-0.2, -0.15) is 0 Å². The predicted molar refractivity (Wildman–Crippen MR) is 63.6 cm³/mol. The molecule has 1 unspecified atom stereocenters. The summed E-state index contributed by atoms with van der Waals surface area (Å²) in [4.78, 5) is 4.33. The molecule has 0 radical (unpaired) electrons. The van der Waals surface area contributed by atoms with E-state index in [0.717, 1.165) is 22.0 Å². The molecule has 1 aromatic heterocycles. The summed E-state index contributed by atoms with van der Waals surface area (Å²) in [6.07, 6.45) is 3.15. The first-order chi connectivity index (χ1) is 6.86. The number of rotatable bonds is 3. The molecule has 0 bridgehead atoms. The summed E-state index contributed by atoms with van der Waals surface area (Å²) in [6.45, 7) is 2.34. The van der Waals surface area contributed by atoms with Gasteiger partial charge in [-0.1, -0.05) is 0 Å². The summed E-state index contributed by atoms with van der Waals surface area (Å²) in [5.41, 5.74) is 0. The van der Waals surface area contributed by atoms with E-state index in [1.54, 1.807) is 0 Å². The zero-order chi connectivity index (χ0) is 9.80. The van der Waals surface area contributed by atoms with Gasteiger partial charge in [0, 0.05) is 16.4 Å². The fraction of sp³-hybridized carbons (Fsp3) is 0.500. The SMILES string of the molecule is Brc1cccnc1SCC1CCNC1. The third kappa shape index (κ3) is 2.72. The number of thioether (sulfide) groups is 1. The summed E-state index contributed by atoms with van der Waals surface area (Å²) in [5, 5.41) is 4.49. The van der Waals surface area contributed by atoms with Gasteiger partial charge in [0.2, 0.25) is 0 Å². The topological polar surface area (TPSA) is 24.9 Å². The number of hydrogen-bond donors (Lipinski definition) is 1. The second kappa shape index (κ2) is 5.14. The smallest absolute Gasteiger partial charge is 0.110 e. The second-order valence-electron chi connectivity index (χ2n) is 3.46. The van der Waals surface area contributed by atoms with Gasteiger partial charge in [0.05, 0.1) is 0 Å². The molecular weight excluding hydrogens is 260 g/mol. The van der Waals surface area contributed by atoms with E-state index < -0.39 is 0 Å². The molecule has 2 heterocycles. The standard InChI is InChI=1S/C10H13BrN2S/c11-9-2-1-4-13-10(9)14-7-8-3-5-12-6-8/h1-2,4,8,12H,3,5-7H2. The number of pyridine rings is 1. The average molecular weight is 273 g/mol. The molecule has 2 rings (SSSR count). The first-order valence-electron chi connectivity index (χ1n) is 4.80. The Kier molecular flexibility index (Phi) is 3.84. The highest BCUT2D eigenvalue weighted by Gasteiger charge is 2.15. The van der Waals surface area contributed by atoms with E-state index in [-0.39, 0.29) is 0 Å². The Bertz CT molecular complexity index is 300. The van der Waals surface area contributed by atoms with E-state index in [1.807, 2.05) is 30.1 Å². The van der Waals surface area contributed by atoms with E-state index in [0.29, 0.717) is 0 Å². The zero-order valence-electron chi connectivity index (χ0n) is 7.87. The van der Waals surface area contributed by atoms with Crippen molar-refractivity contribution < 1.29 is 0 Å². The van der Waals surface area contributed by atoms with Crippen molar-refractivity contribution >= 4 is 27.7 Å². The number of nitrogens with one attached hydrogen (secondary N) is 1. The lowest BCUT2D eigenvalue weighted by Crippen LogP contribution is -2.10. The van der Waals surface area contributed by atoms with E-state index >= 15 is 0 Å². The molecule has 76 valence electrons. The third-order valence-electron chi connectivity index (χ3n) is 2.34. The van der Waals surface area contributed by atoms with Crippen LogP contribution >= 0.6 is 27.7 Å². The molecule has 1 fully saturated rings. The van der Waals surface area contributed by atoms with Crippen LogP contribution in [0.15, 0.2) is 27.8 Å². The van der Waals surface area contributed by atoms with E-state index in [9.17, 15) is 0 Å². The fourth-order valence-electron chi connectivity index (χ4n) is 1.53. The monoisotopic (exact) mass is 272 g/mol. The van der Waals surface area contributed by atoms with Crippen LogP contribution in [0.2, 0.25) is 0 Å². The van der Waals surface area contributed by atoms with Gasteiger partial charge < -0.3 is 5.32 Å². The fourth-order valence-corrected chi connectivity index (χ4v) is 3.15. The first kappa shape index (κ1) is 10.5. The van der Waals surface area contributed by atoms with Crippen molar-refractivity contribution in [2.24, 2.45) is 5.92 Å². The molecule has 0 aliphatic carbocycles. The van der Waals surface area contributed by atoms with Gasteiger partial charge in [0.1, 0.15) is 5.03 Å². The maximum absolute atomic E-state index is 4.33. The van der Waals surface area contributed by atoms with Gasteiger partial charge in [-0.05, 0) is 53.5 Å². The first-order valence-corrected chi connectivity index (χ1v) is 6.58. The van der Waals surface area contributed by atoms with Crippen molar-refractivity contribution in [1.29, 1.82) is 0 Å². The Balaban J connectivity index is 1.88. The number of hydrogen-bond acceptors (Lipinski definition) is 3. The van der Waals surface area contributed by atoms with Crippen LogP contribution in [-0.2, 0) is 0 Å². The lowest BCUT2D eigenvalue weighted by molar-refractivity contribution is 0.662. The zero-order valence-corrected chi connectivity index (χ0v) is 10.3. The molecule has 1 saturated heterocycles. The van der Waals surface area contributed by atoms with Crippen LogP contribution in [0.3, 0.4) is 0 Å². The molecule has 0 spiro atoms. The van der Waals surface area contributed by atoms with Crippen molar-refractivity contribution in [3.05, 3.63) is 22.8 Å². The molecule has 0 aromatic carbocycles. The Morgan fingerprint density at radius 1 is 1.64 bits per heavy atom. The van der Waals surface area contributed by atoms with Crippen molar-refractivity contribution in [2.45, 2.75) is 11.4 Å². The molecule has 0 amide bonds. The van der Waals surface area contributed by atoms with Crippen LogP contribution in [0, 0.1) is 5.92 Å². The molecule has 1 N–H and O–H groups in total. The van der Waals surface area contributed by atoms with Crippen molar-refractivity contribution in [2.75, 3.05) is 18.8 Å². The highest BCUT2D eigenvalue weighted by atomic mass is 79.9. The Hall–Kier alpha value is -0.0600. The molecule has 1 atom stereocenters. The highest BCUT2D eigenvalue weighted by Crippen LogP contribution is 2.27. The minimum Gasteiger partial charge on any atom is -0.316 e. The van der Waals surface area contributed by atoms with Crippen LogP contribution in [0.25, 0.3) is 0 Å². The van der Waals surface area contributed by atoms with Crippen LogP contribution in [0.4, 0.5) is 0 Å². The lowest BCUT2D eigenvalue weighted by Gasteiger charge is -2.07. The average Bonchev–Trinajstić information content (AvgIpc) is 2.69. The number of halogens is 1. The van der Waals surface area contributed by atoms with Crippen LogP contribution < -0.4 is 5.32 Å². The van der Waals surface area contributed by atoms with E-state index in [4.69, 9.17) is 0 Å². The maximum atomic E-state index is 4.33. The Morgan fingerprint density at radius 3 is 3.29 bits per heavy atom. The maximum Gasteiger partial charge on any atom is 0.110 e. The van der Waals surface area contributed by atoms with E-state index in [2.05, 4.69) is 26.2 Å². The van der Waals surface area contributed by atoms with Crippen molar-refractivity contribution in [3.8, 4) is 0 Å². The van der Waals surface area contributed by atoms with Gasteiger partial charge in [-0.3, -0.25) is 0 Å². The summed E-state index contributed by atoms with van der Waals surface area (Å²) >= 11 is 5.35. The summed E-state index contributed by atoms with van der Waals surface area (Å²) < 4.78 is 1.11. The van der Waals surface area contributed by atoms with Gasteiger partial charge >= 0.3 is 0 Å². The van der Waals surface area contributed by atoms with Crippen LogP contribution in [0.1, 0.15) is 6.42 Å². The molecule has 4 heteroatoms. The van der Waals surface area contributed by atoms with Crippen LogP contribution in [0.5, 0.6) is 0 Å². The minimum absolute atomic E-state index is 0.814. The molecule has 2 nitrogen and oxygen atoms in total. The molecule has 14 heavy (non-hydrogen) atoms. The number of aromatic nitrogens is 1. The minimum atomic E-state index is 0.814. The molecule has 1 aliphatic rings. The Morgan fingerprint density at radius 2 is 2.57 bits per heavy atom. The highest BCUT2D eigenvalue weighted by molar-refractivity contribution is 9.10. The Labute approximate surface area is 97.0 Å². The van der Waals surface area contributed by atoms with Crippen LogP contribution in [-0.4, -0.2) is 23.8 Å². The predicted octanol–water partition coefficient (Wildman–Crippen LogP) is 2.55. The van der Waals surface area contributed by atoms with Gasteiger partial charge in [-0.25, -0.2) is 4.98 Å². The van der Waals surface area contributed by atoms with Gasteiger partial charge in [0.15, 0.2) is 0 Å². The summed E-state index contributed by atoms with van der Waals surface area (Å²) in [5.74, 6) is 1.98. The molecular formula is C10H13BrN2S. The van der Waals surface area contributed by atoms with Gasteiger partial charge in [0.25, 0.3) is 0 Å². The largest absolute Gasteiger partial charge is 0.316 e. The van der Waals surface area contributed by atoms with Crippen molar-refractivity contribution in [1.82, 2.24) is 10.3 Å². The summed E-state index contributed by atoms with van der Waals surface area (Å²) in [7, 11) is 0. The quantitative estimate of drug-likeness (QED) is 0.857. The lowest BCUT2D eigenvalue weighted by atomic mass is 10.2. The molecule has 1 aliphatic heterocycles.